The second-order valence-corrected chi connectivity index (χ2v) is 5.61. The second-order valence-electron chi connectivity index (χ2n) is 5.61. The van der Waals surface area contributed by atoms with Crippen molar-refractivity contribution in [3.05, 3.63) is 69.7 Å². The van der Waals surface area contributed by atoms with Crippen LogP contribution in [0.15, 0.2) is 51.8 Å². The third kappa shape index (κ3) is 5.75. The minimum atomic E-state index is -1.26. The minimum Gasteiger partial charge on any atom is -0.478 e. The van der Waals surface area contributed by atoms with Crippen molar-refractivity contribution in [2.45, 2.75) is 25.9 Å². The highest BCUT2D eigenvalue weighted by atomic mass is 16.5. The molecule has 1 aliphatic heterocycles. The molecule has 8 nitrogen and oxygen atoms in total. The van der Waals surface area contributed by atoms with Crippen molar-refractivity contribution in [3.8, 4) is 0 Å². The van der Waals surface area contributed by atoms with Gasteiger partial charge in [-0.05, 0) is 18.5 Å². The summed E-state index contributed by atoms with van der Waals surface area (Å²) >= 11 is 0. The maximum absolute atomic E-state index is 12.2. The third-order valence-corrected chi connectivity index (χ3v) is 3.64. The summed E-state index contributed by atoms with van der Waals surface area (Å²) in [5, 5.41) is 18.9. The molecular weight excluding hydrogens is 340 g/mol. The summed E-state index contributed by atoms with van der Waals surface area (Å²) < 4.78 is 7.15. The Bertz CT molecular complexity index is 819. The van der Waals surface area contributed by atoms with Gasteiger partial charge in [0.15, 0.2) is 0 Å². The first-order chi connectivity index (χ1) is 12.5. The Morgan fingerprint density at radius 3 is 2.42 bits per heavy atom. The molecule has 3 rings (SSSR count). The fourth-order valence-corrected chi connectivity index (χ4v) is 2.45. The molecule has 0 radical (unpaired) electrons. The van der Waals surface area contributed by atoms with Crippen molar-refractivity contribution in [2.24, 2.45) is 0 Å². The number of aromatic nitrogens is 1. The molecule has 3 N–H and O–H groups in total. The summed E-state index contributed by atoms with van der Waals surface area (Å²) in [7, 11) is 0. The molecule has 0 fully saturated rings. The summed E-state index contributed by atoms with van der Waals surface area (Å²) in [6, 6.07) is 9.90. The smallest absolute Gasteiger partial charge is 0.328 e. The first-order valence-electron chi connectivity index (χ1n) is 8.08. The van der Waals surface area contributed by atoms with E-state index in [0.717, 1.165) is 36.3 Å². The van der Waals surface area contributed by atoms with Gasteiger partial charge >= 0.3 is 11.9 Å². The van der Waals surface area contributed by atoms with Gasteiger partial charge in [0.25, 0.3) is 5.56 Å². The summed E-state index contributed by atoms with van der Waals surface area (Å²) in [6.07, 6.45) is 2.98. The van der Waals surface area contributed by atoms with Crippen LogP contribution in [0, 0.1) is 0 Å². The van der Waals surface area contributed by atoms with Gasteiger partial charge < -0.3 is 20.1 Å². The highest BCUT2D eigenvalue weighted by molar-refractivity contribution is 5.89. The first kappa shape index (κ1) is 19.2. The number of aryl methyl sites for hydroxylation is 1. The molecule has 0 bridgehead atoms. The van der Waals surface area contributed by atoms with Crippen molar-refractivity contribution >= 4 is 11.9 Å². The van der Waals surface area contributed by atoms with Crippen LogP contribution in [-0.2, 0) is 29.1 Å². The van der Waals surface area contributed by atoms with Crippen LogP contribution >= 0.6 is 0 Å². The van der Waals surface area contributed by atoms with E-state index >= 15 is 0 Å². The standard InChI is InChI=1S/C14H16N2O2.C4H4O4/c17-14-12-9-15-8-4-7-13(12)18-16(14)10-11-5-2-1-3-6-11;5-3(6)1-2-4(7)8/h1-3,5-6,15H,4,7-10H2;1-2H,(H,5,6)(H,7,8)/b;2-1+. The molecule has 0 atom stereocenters. The molecule has 0 saturated heterocycles. The second kappa shape index (κ2) is 9.38. The number of hydrogen-bond donors (Lipinski definition) is 3. The SMILES string of the molecule is O=C(O)/C=C/C(=O)O.O=c1c2c(on1Cc1ccccc1)CCCNC2. The zero-order chi connectivity index (χ0) is 18.9. The molecule has 8 heteroatoms. The van der Waals surface area contributed by atoms with E-state index < -0.39 is 11.9 Å². The van der Waals surface area contributed by atoms with E-state index in [4.69, 9.17) is 14.7 Å². The van der Waals surface area contributed by atoms with Gasteiger partial charge in [0, 0.05) is 25.1 Å². The number of rotatable bonds is 4. The van der Waals surface area contributed by atoms with Crippen molar-refractivity contribution in [3.63, 3.8) is 0 Å². The lowest BCUT2D eigenvalue weighted by molar-refractivity contribution is -0.134. The maximum atomic E-state index is 12.2. The molecule has 0 unspecified atom stereocenters. The largest absolute Gasteiger partial charge is 0.478 e. The van der Waals surface area contributed by atoms with Gasteiger partial charge in [-0.1, -0.05) is 30.3 Å². The fraction of sp³-hybridized carbons (Fsp3) is 0.278. The van der Waals surface area contributed by atoms with Gasteiger partial charge in [0.2, 0.25) is 0 Å². The Morgan fingerprint density at radius 1 is 1.15 bits per heavy atom. The van der Waals surface area contributed by atoms with Gasteiger partial charge in [-0.25, -0.2) is 9.59 Å². The number of hydrogen-bond acceptors (Lipinski definition) is 5. The van der Waals surface area contributed by atoms with Crippen molar-refractivity contribution in [1.82, 2.24) is 10.1 Å². The molecule has 1 aromatic carbocycles. The lowest BCUT2D eigenvalue weighted by Crippen LogP contribution is -2.22. The van der Waals surface area contributed by atoms with E-state index in [9.17, 15) is 14.4 Å². The van der Waals surface area contributed by atoms with Crippen LogP contribution in [0.5, 0.6) is 0 Å². The molecule has 0 saturated carbocycles. The maximum Gasteiger partial charge on any atom is 0.328 e. The lowest BCUT2D eigenvalue weighted by atomic mass is 10.2. The van der Waals surface area contributed by atoms with Gasteiger partial charge in [-0.15, -0.1) is 0 Å². The van der Waals surface area contributed by atoms with Crippen LogP contribution in [0.4, 0.5) is 0 Å². The molecule has 0 amide bonds. The predicted molar refractivity (Wildman–Crippen MR) is 93.0 cm³/mol. The van der Waals surface area contributed by atoms with Crippen LogP contribution in [0.1, 0.15) is 23.3 Å². The highest BCUT2D eigenvalue weighted by Crippen LogP contribution is 2.12. The fourth-order valence-electron chi connectivity index (χ4n) is 2.45. The van der Waals surface area contributed by atoms with Gasteiger partial charge in [-0.2, -0.15) is 4.74 Å². The first-order valence-corrected chi connectivity index (χ1v) is 8.08. The lowest BCUT2D eigenvalue weighted by Gasteiger charge is -2.00. The molecule has 138 valence electrons. The molecule has 1 aliphatic rings. The number of carboxylic acid groups (broad SMARTS) is 2. The minimum absolute atomic E-state index is 0.00301. The number of benzene rings is 1. The van der Waals surface area contributed by atoms with Gasteiger partial charge in [0.1, 0.15) is 5.76 Å². The van der Waals surface area contributed by atoms with Crippen molar-refractivity contribution < 1.29 is 24.3 Å². The predicted octanol–water partition coefficient (Wildman–Crippen LogP) is 1.24. The highest BCUT2D eigenvalue weighted by Gasteiger charge is 2.18. The number of aliphatic carboxylic acids is 2. The van der Waals surface area contributed by atoms with Crippen LogP contribution in [0.2, 0.25) is 0 Å². The summed E-state index contributed by atoms with van der Waals surface area (Å²) in [4.78, 5) is 31.3. The quantitative estimate of drug-likeness (QED) is 0.701. The number of fused-ring (bicyclic) bond motifs is 1. The molecule has 2 aromatic rings. The Kier molecular flexibility index (Phi) is 6.92. The molecule has 0 aliphatic carbocycles. The van der Waals surface area contributed by atoms with E-state index in [0.29, 0.717) is 25.2 Å². The summed E-state index contributed by atoms with van der Waals surface area (Å²) in [5.74, 6) is -1.67. The van der Waals surface area contributed by atoms with Gasteiger partial charge in [-0.3, -0.25) is 4.79 Å². The van der Waals surface area contributed by atoms with Crippen LogP contribution < -0.4 is 10.9 Å². The third-order valence-electron chi connectivity index (χ3n) is 3.64. The Balaban J connectivity index is 0.000000260. The van der Waals surface area contributed by atoms with Crippen LogP contribution in [0.25, 0.3) is 0 Å². The van der Waals surface area contributed by atoms with E-state index in [1.54, 1.807) is 0 Å². The monoisotopic (exact) mass is 360 g/mol. The number of carbonyl (C=O) groups is 2. The zero-order valence-electron chi connectivity index (χ0n) is 14.1. The van der Waals surface area contributed by atoms with Crippen LogP contribution in [0.3, 0.4) is 0 Å². The Labute approximate surface area is 149 Å². The average Bonchev–Trinajstić information content (AvgIpc) is 2.78. The van der Waals surface area contributed by atoms with E-state index in [1.807, 2.05) is 30.3 Å². The molecule has 2 heterocycles. The normalized spacial score (nSPS) is 13.4. The molecule has 0 spiro atoms. The Hall–Kier alpha value is -3.13. The molecular formula is C18H20N2O6. The topological polar surface area (TPSA) is 122 Å². The zero-order valence-corrected chi connectivity index (χ0v) is 14.1. The number of nitrogens with one attached hydrogen (secondary N) is 1. The number of carboxylic acids is 2. The van der Waals surface area contributed by atoms with E-state index in [-0.39, 0.29) is 5.56 Å². The van der Waals surface area contributed by atoms with E-state index in [1.165, 1.54) is 4.74 Å². The number of nitrogens with zero attached hydrogens (tertiary/aromatic N) is 1. The van der Waals surface area contributed by atoms with E-state index in [2.05, 4.69) is 5.32 Å². The summed E-state index contributed by atoms with van der Waals surface area (Å²) in [5.41, 5.74) is 1.88. The van der Waals surface area contributed by atoms with Crippen LogP contribution in [-0.4, -0.2) is 33.4 Å². The van der Waals surface area contributed by atoms with Crippen molar-refractivity contribution in [2.75, 3.05) is 6.54 Å². The van der Waals surface area contributed by atoms with Gasteiger partial charge in [0.05, 0.1) is 12.1 Å². The average molecular weight is 360 g/mol. The Morgan fingerprint density at radius 2 is 1.81 bits per heavy atom. The molecule has 26 heavy (non-hydrogen) atoms. The molecule has 1 aromatic heterocycles. The van der Waals surface area contributed by atoms with Crippen molar-refractivity contribution in [1.29, 1.82) is 0 Å². The summed E-state index contributed by atoms with van der Waals surface area (Å²) in [6.45, 7) is 2.08.